The summed E-state index contributed by atoms with van der Waals surface area (Å²) in [5.41, 5.74) is 5.48. The first-order valence-electron chi connectivity index (χ1n) is 17.8. The molecule has 3 aromatic carbocycles. The van der Waals surface area contributed by atoms with Gasteiger partial charge in [0.15, 0.2) is 23.2 Å². The zero-order chi connectivity index (χ0) is 38.5. The first kappa shape index (κ1) is 40.3. The molecule has 1 amide bonds. The number of allylic oxidation sites excluding steroid dienone is 1. The van der Waals surface area contributed by atoms with E-state index in [2.05, 4.69) is 62.6 Å². The van der Waals surface area contributed by atoms with E-state index < -0.39 is 23.6 Å². The Morgan fingerprint density at radius 3 is 2.65 bits per heavy atom. The second-order valence-electron chi connectivity index (χ2n) is 12.5. The van der Waals surface area contributed by atoms with Gasteiger partial charge in [-0.3, -0.25) is 19.7 Å². The third kappa shape index (κ3) is 11.3. The van der Waals surface area contributed by atoms with Crippen molar-refractivity contribution >= 4 is 40.0 Å². The first-order valence-corrected chi connectivity index (χ1v) is 18.7. The van der Waals surface area contributed by atoms with E-state index in [1.807, 2.05) is 24.3 Å². The number of nitrogens with one attached hydrogen (secondary N) is 3. The lowest BCUT2D eigenvalue weighted by molar-refractivity contribution is -0.133. The standard InChI is InChI=1S/C40H44F3N5O5S/c1-4-17-40(42,43)53-36-15-11-28(20-33(36)41)39(50)46-37-21-34(47-48-37)27-9-12-30(13-10-27)44-24-52-25-45-38-16-14-31(35(49)23-54-38)32-19-26(6-3)7-8-29(32)22-51-18-5-2/h4,7-13,15,17,19-21,31,44H,5-6,14,16,18,22-25H2,1-3H3,(H2,46,47,48,50)/b17-4+,45-38-. The third-order valence-electron chi connectivity index (χ3n) is 8.54. The number of rotatable bonds is 17. The van der Waals surface area contributed by atoms with Gasteiger partial charge in [0.05, 0.1) is 23.1 Å². The molecular formula is C40H44F3N5O5S. The Morgan fingerprint density at radius 1 is 1.09 bits per heavy atom. The van der Waals surface area contributed by atoms with Crippen LogP contribution in [0.1, 0.15) is 73.0 Å². The number of aryl methyl sites for hydroxylation is 1. The number of amides is 1. The molecule has 286 valence electrons. The van der Waals surface area contributed by atoms with Crippen LogP contribution in [0, 0.1) is 5.82 Å². The zero-order valence-electron chi connectivity index (χ0n) is 30.4. The van der Waals surface area contributed by atoms with Crippen molar-refractivity contribution in [3.05, 3.63) is 107 Å². The largest absolute Gasteiger partial charge is 0.426 e. The van der Waals surface area contributed by atoms with E-state index in [4.69, 9.17) is 9.47 Å². The molecule has 1 aliphatic heterocycles. The van der Waals surface area contributed by atoms with Gasteiger partial charge >= 0.3 is 6.11 Å². The molecule has 1 aromatic heterocycles. The lowest BCUT2D eigenvalue weighted by atomic mass is 9.86. The molecule has 0 spiro atoms. The quantitative estimate of drug-likeness (QED) is 0.0553. The summed E-state index contributed by atoms with van der Waals surface area (Å²) in [7, 11) is 0. The average Bonchev–Trinajstić information content (AvgIpc) is 3.54. The van der Waals surface area contributed by atoms with Crippen LogP contribution in [0.25, 0.3) is 11.3 Å². The van der Waals surface area contributed by atoms with Crippen molar-refractivity contribution in [2.45, 2.75) is 65.1 Å². The highest BCUT2D eigenvalue weighted by Crippen LogP contribution is 2.33. The highest BCUT2D eigenvalue weighted by molar-refractivity contribution is 8.14. The van der Waals surface area contributed by atoms with Gasteiger partial charge in [0.1, 0.15) is 13.5 Å². The predicted octanol–water partition coefficient (Wildman–Crippen LogP) is 9.13. The minimum Gasteiger partial charge on any atom is -0.426 e. The number of carbonyl (C=O) groups is 2. The van der Waals surface area contributed by atoms with Gasteiger partial charge in [-0.15, -0.1) is 11.8 Å². The van der Waals surface area contributed by atoms with Gasteiger partial charge in [0.25, 0.3) is 5.91 Å². The molecular weight excluding hydrogens is 720 g/mol. The number of alkyl halides is 2. The number of nitrogens with zero attached hydrogens (tertiary/aromatic N) is 2. The summed E-state index contributed by atoms with van der Waals surface area (Å²) in [6, 6.07) is 18.4. The second kappa shape index (κ2) is 19.4. The van der Waals surface area contributed by atoms with Crippen molar-refractivity contribution in [1.82, 2.24) is 10.2 Å². The number of Topliss-reactive ketones (excluding diaryl/α,β-unsaturated/α-hetero) is 1. The normalized spacial score (nSPS) is 15.8. The summed E-state index contributed by atoms with van der Waals surface area (Å²) in [4.78, 5) is 30.5. The number of aromatic amines is 1. The summed E-state index contributed by atoms with van der Waals surface area (Å²) in [5.74, 6) is -1.89. The van der Waals surface area contributed by atoms with Crippen LogP contribution >= 0.6 is 11.8 Å². The summed E-state index contributed by atoms with van der Waals surface area (Å²) in [6.07, 6.45) is 1.13. The molecule has 4 aromatic rings. The lowest BCUT2D eigenvalue weighted by Crippen LogP contribution is -2.22. The first-order chi connectivity index (χ1) is 26.1. The van der Waals surface area contributed by atoms with Crippen LogP contribution in [0.4, 0.5) is 24.7 Å². The molecule has 14 heteroatoms. The third-order valence-corrected chi connectivity index (χ3v) is 9.64. The summed E-state index contributed by atoms with van der Waals surface area (Å²) < 4.78 is 57.7. The van der Waals surface area contributed by atoms with Crippen LogP contribution < -0.4 is 15.4 Å². The Balaban J connectivity index is 1.08. The van der Waals surface area contributed by atoms with Gasteiger partial charge < -0.3 is 24.8 Å². The molecule has 1 aliphatic rings. The maximum atomic E-state index is 14.4. The van der Waals surface area contributed by atoms with Gasteiger partial charge in [-0.1, -0.05) is 50.3 Å². The van der Waals surface area contributed by atoms with E-state index in [0.717, 1.165) is 58.5 Å². The second-order valence-corrected chi connectivity index (χ2v) is 13.5. The molecule has 0 aliphatic carbocycles. The number of ether oxygens (including phenoxy) is 3. The van der Waals surface area contributed by atoms with Crippen LogP contribution in [0.3, 0.4) is 0 Å². The number of ketones is 1. The molecule has 0 bridgehead atoms. The van der Waals surface area contributed by atoms with Gasteiger partial charge in [0.2, 0.25) is 0 Å². The Labute approximate surface area is 317 Å². The van der Waals surface area contributed by atoms with E-state index in [9.17, 15) is 22.8 Å². The summed E-state index contributed by atoms with van der Waals surface area (Å²) in [6.45, 7) is 7.15. The van der Waals surface area contributed by atoms with Crippen molar-refractivity contribution in [3.63, 3.8) is 0 Å². The van der Waals surface area contributed by atoms with Crippen LogP contribution in [-0.4, -0.2) is 58.9 Å². The minimum absolute atomic E-state index is 0.101. The molecule has 1 unspecified atom stereocenters. The number of carbonyl (C=O) groups excluding carboxylic acids is 2. The smallest absolute Gasteiger partial charge is 0.419 e. The molecule has 1 fully saturated rings. The number of aliphatic imine (C=N–C) groups is 1. The van der Waals surface area contributed by atoms with E-state index in [1.54, 1.807) is 6.07 Å². The van der Waals surface area contributed by atoms with E-state index in [1.165, 1.54) is 30.3 Å². The van der Waals surface area contributed by atoms with Crippen LogP contribution in [0.2, 0.25) is 0 Å². The van der Waals surface area contributed by atoms with Crippen molar-refractivity contribution < 1.29 is 37.0 Å². The molecule has 0 radical (unpaired) electrons. The number of thioether (sulfide) groups is 1. The maximum absolute atomic E-state index is 14.4. The molecule has 3 N–H and O–H groups in total. The number of aromatic nitrogens is 2. The van der Waals surface area contributed by atoms with Gasteiger partial charge in [-0.25, -0.2) is 4.39 Å². The van der Waals surface area contributed by atoms with Crippen molar-refractivity contribution in [2.24, 2.45) is 4.99 Å². The topological polar surface area (TPSA) is 127 Å². The van der Waals surface area contributed by atoms with Crippen LogP contribution in [0.15, 0.2) is 83.9 Å². The minimum atomic E-state index is -3.69. The summed E-state index contributed by atoms with van der Waals surface area (Å²) >= 11 is 1.48. The predicted molar refractivity (Wildman–Crippen MR) is 206 cm³/mol. The molecule has 54 heavy (non-hydrogen) atoms. The van der Waals surface area contributed by atoms with Crippen molar-refractivity contribution in [3.8, 4) is 17.0 Å². The lowest BCUT2D eigenvalue weighted by Gasteiger charge is -2.19. The number of halogens is 3. The van der Waals surface area contributed by atoms with E-state index >= 15 is 0 Å². The molecule has 1 atom stereocenters. The van der Waals surface area contributed by atoms with Crippen LogP contribution in [-0.2, 0) is 27.3 Å². The van der Waals surface area contributed by atoms with Crippen molar-refractivity contribution in [1.29, 1.82) is 0 Å². The van der Waals surface area contributed by atoms with Crippen LogP contribution in [0.5, 0.6) is 5.75 Å². The van der Waals surface area contributed by atoms with Crippen molar-refractivity contribution in [2.75, 3.05) is 36.5 Å². The Hall–Kier alpha value is -4.92. The van der Waals surface area contributed by atoms with E-state index in [0.29, 0.717) is 43.6 Å². The maximum Gasteiger partial charge on any atom is 0.419 e. The number of anilines is 2. The Morgan fingerprint density at radius 2 is 1.91 bits per heavy atom. The number of benzene rings is 3. The van der Waals surface area contributed by atoms with Gasteiger partial charge in [-0.05, 0) is 85.2 Å². The van der Waals surface area contributed by atoms with E-state index in [-0.39, 0.29) is 36.5 Å². The molecule has 0 saturated carbocycles. The number of hydrogen-bond donors (Lipinski definition) is 3. The zero-order valence-corrected chi connectivity index (χ0v) is 31.2. The summed E-state index contributed by atoms with van der Waals surface area (Å²) in [5, 5.41) is 13.6. The number of hydrogen-bond acceptors (Lipinski definition) is 9. The number of H-pyrrole nitrogens is 1. The highest BCUT2D eigenvalue weighted by Gasteiger charge is 2.29. The molecule has 10 nitrogen and oxygen atoms in total. The fraction of sp³-hybridized carbons (Fsp3) is 0.350. The molecule has 2 heterocycles. The molecule has 5 rings (SSSR count). The monoisotopic (exact) mass is 763 g/mol. The SMILES string of the molecule is C/C=C/C(F)(F)Oc1ccc(C(=O)Nc2cc(-c3ccc(NCOC/N=C4/CCC(c5cc(CC)ccc5COCCC)C(=O)CS4)cc3)[nH]n2)cc1F. The Bertz CT molecular complexity index is 1950. The average molecular weight is 764 g/mol. The highest BCUT2D eigenvalue weighted by atomic mass is 32.2. The Kier molecular flexibility index (Phi) is 14.5. The van der Waals surface area contributed by atoms with Gasteiger partial charge in [0, 0.05) is 35.9 Å². The fourth-order valence-corrected chi connectivity index (χ4v) is 6.66. The molecule has 1 saturated heterocycles. The fourth-order valence-electron chi connectivity index (χ4n) is 5.74. The van der Waals surface area contributed by atoms with Gasteiger partial charge in [-0.2, -0.15) is 13.9 Å².